The molecule has 40 heavy (non-hydrogen) atoms. The third-order valence-electron chi connectivity index (χ3n) is 5.98. The highest BCUT2D eigenvalue weighted by molar-refractivity contribution is 6.33. The minimum Gasteiger partial charge on any atom is -0.481 e. The molecule has 0 unspecified atom stereocenters. The van der Waals surface area contributed by atoms with Gasteiger partial charge in [0.15, 0.2) is 0 Å². The lowest BCUT2D eigenvalue weighted by atomic mass is 10.0. The quantitative estimate of drug-likeness (QED) is 0.188. The van der Waals surface area contributed by atoms with Crippen molar-refractivity contribution >= 4 is 40.8 Å². The number of aromatic nitrogens is 1. The van der Waals surface area contributed by atoms with Gasteiger partial charge in [-0.2, -0.15) is 13.2 Å². The average Bonchev–Trinajstić information content (AvgIpc) is 2.92. The number of anilines is 1. The van der Waals surface area contributed by atoms with Crippen LogP contribution in [0.15, 0.2) is 79.0 Å². The van der Waals surface area contributed by atoms with Gasteiger partial charge in [0.25, 0.3) is 5.91 Å². The Morgan fingerprint density at radius 1 is 0.875 bits per heavy atom. The van der Waals surface area contributed by atoms with E-state index in [2.05, 4.69) is 15.6 Å². The van der Waals surface area contributed by atoms with Crippen molar-refractivity contribution < 1.29 is 27.9 Å². The fourth-order valence-electron chi connectivity index (χ4n) is 3.92. The van der Waals surface area contributed by atoms with E-state index in [1.807, 2.05) is 6.07 Å². The summed E-state index contributed by atoms with van der Waals surface area (Å²) in [5, 5.41) is 15.1. The van der Waals surface area contributed by atoms with E-state index in [1.54, 1.807) is 54.7 Å². The van der Waals surface area contributed by atoms with E-state index in [0.717, 1.165) is 34.5 Å². The predicted octanol–water partition coefficient (Wildman–Crippen LogP) is 7.56. The smallest absolute Gasteiger partial charge is 0.416 e. The molecule has 0 aliphatic rings. The summed E-state index contributed by atoms with van der Waals surface area (Å²) in [4.78, 5) is 27.0. The largest absolute Gasteiger partial charge is 0.481 e. The maximum Gasteiger partial charge on any atom is 0.416 e. The number of nitrogens with one attached hydrogen (secondary N) is 2. The number of rotatable bonds is 9. The van der Waals surface area contributed by atoms with Crippen molar-refractivity contribution in [1.29, 1.82) is 0 Å². The summed E-state index contributed by atoms with van der Waals surface area (Å²) in [6.07, 6.45) is -3.11. The number of carboxylic acids is 1. The maximum atomic E-state index is 12.9. The Morgan fingerprint density at radius 3 is 2.23 bits per heavy atom. The lowest BCUT2D eigenvalue weighted by molar-refractivity contribution is -0.138. The SMILES string of the molecule is O=C(O)CCNC(=O)c1ccc(-c2cc(Cl)ccc2CNc2ccc(-c3ccc(C(F)(F)F)cc3Cl)cc2)cn1. The molecular formula is C29H22Cl2F3N3O3. The van der Waals surface area contributed by atoms with Gasteiger partial charge < -0.3 is 15.7 Å². The molecule has 3 aromatic carbocycles. The zero-order chi connectivity index (χ0) is 28.9. The molecule has 6 nitrogen and oxygen atoms in total. The van der Waals surface area contributed by atoms with Crippen molar-refractivity contribution in [2.24, 2.45) is 0 Å². The van der Waals surface area contributed by atoms with Gasteiger partial charge in [-0.15, -0.1) is 0 Å². The van der Waals surface area contributed by atoms with Gasteiger partial charge in [0, 0.05) is 46.1 Å². The summed E-state index contributed by atoms with van der Waals surface area (Å²) in [7, 11) is 0. The van der Waals surface area contributed by atoms with Gasteiger partial charge in [-0.1, -0.05) is 53.5 Å². The Balaban J connectivity index is 1.46. The molecule has 0 bridgehead atoms. The molecule has 0 aliphatic heterocycles. The van der Waals surface area contributed by atoms with E-state index in [0.29, 0.717) is 22.7 Å². The number of carbonyl (C=O) groups is 2. The fraction of sp³-hybridized carbons (Fsp3) is 0.138. The molecule has 0 saturated carbocycles. The second kappa shape index (κ2) is 12.4. The number of aliphatic carboxylic acids is 1. The highest BCUT2D eigenvalue weighted by Crippen LogP contribution is 2.36. The monoisotopic (exact) mass is 587 g/mol. The maximum absolute atomic E-state index is 12.9. The second-order valence-electron chi connectivity index (χ2n) is 8.76. The topological polar surface area (TPSA) is 91.3 Å². The number of nitrogens with zero attached hydrogens (tertiary/aromatic N) is 1. The van der Waals surface area contributed by atoms with Crippen LogP contribution in [0, 0.1) is 0 Å². The second-order valence-corrected chi connectivity index (χ2v) is 9.60. The number of benzene rings is 3. The van der Waals surface area contributed by atoms with Crippen LogP contribution >= 0.6 is 23.2 Å². The molecule has 0 spiro atoms. The lowest BCUT2D eigenvalue weighted by Gasteiger charge is -2.14. The van der Waals surface area contributed by atoms with Crippen LogP contribution < -0.4 is 10.6 Å². The molecule has 1 amide bonds. The highest BCUT2D eigenvalue weighted by atomic mass is 35.5. The molecule has 11 heteroatoms. The van der Waals surface area contributed by atoms with Crippen molar-refractivity contribution in [2.75, 3.05) is 11.9 Å². The first-order chi connectivity index (χ1) is 19.0. The molecule has 0 fully saturated rings. The van der Waals surface area contributed by atoms with Crippen LogP contribution in [0.25, 0.3) is 22.3 Å². The van der Waals surface area contributed by atoms with E-state index in [1.165, 1.54) is 6.07 Å². The third kappa shape index (κ3) is 7.31. The zero-order valence-corrected chi connectivity index (χ0v) is 22.2. The molecule has 0 radical (unpaired) electrons. The van der Waals surface area contributed by atoms with Crippen LogP contribution in [-0.2, 0) is 17.5 Å². The van der Waals surface area contributed by atoms with E-state index < -0.39 is 23.6 Å². The Hall–Kier alpha value is -4.08. The van der Waals surface area contributed by atoms with E-state index in [4.69, 9.17) is 28.3 Å². The molecule has 3 N–H and O–H groups in total. The van der Waals surface area contributed by atoms with Crippen molar-refractivity contribution in [2.45, 2.75) is 19.1 Å². The number of alkyl halides is 3. The molecule has 4 rings (SSSR count). The molecule has 206 valence electrons. The third-order valence-corrected chi connectivity index (χ3v) is 6.53. The van der Waals surface area contributed by atoms with E-state index in [-0.39, 0.29) is 23.7 Å². The van der Waals surface area contributed by atoms with Crippen molar-refractivity contribution in [1.82, 2.24) is 10.3 Å². The Labute approximate surface area is 237 Å². The number of hydrogen-bond acceptors (Lipinski definition) is 4. The zero-order valence-electron chi connectivity index (χ0n) is 20.7. The Morgan fingerprint density at radius 2 is 1.60 bits per heavy atom. The van der Waals surface area contributed by atoms with Gasteiger partial charge in [-0.3, -0.25) is 14.6 Å². The van der Waals surface area contributed by atoms with Gasteiger partial charge in [0.1, 0.15) is 5.69 Å². The number of halogens is 5. The van der Waals surface area contributed by atoms with Crippen LogP contribution in [0.1, 0.15) is 28.0 Å². The van der Waals surface area contributed by atoms with Gasteiger partial charge in [-0.05, 0) is 59.2 Å². The van der Waals surface area contributed by atoms with Gasteiger partial charge in [0.05, 0.1) is 12.0 Å². The normalized spacial score (nSPS) is 11.2. The molecule has 4 aromatic rings. The number of amides is 1. The number of hydrogen-bond donors (Lipinski definition) is 3. The van der Waals surface area contributed by atoms with Crippen LogP contribution in [0.4, 0.5) is 18.9 Å². The summed E-state index contributed by atoms with van der Waals surface area (Å²) in [5.74, 6) is -1.48. The molecular weight excluding hydrogens is 566 g/mol. The summed E-state index contributed by atoms with van der Waals surface area (Å²) >= 11 is 12.4. The van der Waals surface area contributed by atoms with Crippen LogP contribution in [0.2, 0.25) is 10.0 Å². The van der Waals surface area contributed by atoms with Gasteiger partial charge >= 0.3 is 12.1 Å². The van der Waals surface area contributed by atoms with E-state index in [9.17, 15) is 22.8 Å². The first-order valence-corrected chi connectivity index (χ1v) is 12.7. The van der Waals surface area contributed by atoms with E-state index >= 15 is 0 Å². The Kier molecular flexibility index (Phi) is 8.96. The lowest BCUT2D eigenvalue weighted by Crippen LogP contribution is -2.26. The van der Waals surface area contributed by atoms with Crippen molar-refractivity contribution in [3.8, 4) is 22.3 Å². The Bertz CT molecular complexity index is 1530. The standard InChI is InChI=1S/C29H22Cl2F3N3O3/c30-21-6-1-18(24(14-21)19-4-10-26(37-16-19)28(40)35-12-11-27(38)39)15-36-22-7-2-17(3-8-22)23-9-5-20(13-25(23)31)29(32,33)34/h1-10,13-14,16,36H,11-12,15H2,(H,35,40)(H,38,39). The first-order valence-electron chi connectivity index (χ1n) is 12.0. The molecule has 0 saturated heterocycles. The number of pyridine rings is 1. The van der Waals surface area contributed by atoms with Crippen LogP contribution in [0.5, 0.6) is 0 Å². The minimum absolute atomic E-state index is 0.0000648. The van der Waals surface area contributed by atoms with Crippen molar-refractivity contribution in [3.05, 3.63) is 106 Å². The molecule has 1 heterocycles. The van der Waals surface area contributed by atoms with Crippen LogP contribution in [0.3, 0.4) is 0 Å². The number of carboxylic acid groups (broad SMARTS) is 1. The fourth-order valence-corrected chi connectivity index (χ4v) is 4.38. The highest BCUT2D eigenvalue weighted by Gasteiger charge is 2.31. The van der Waals surface area contributed by atoms with Gasteiger partial charge in [-0.25, -0.2) is 0 Å². The summed E-state index contributed by atoms with van der Waals surface area (Å²) in [6.45, 7) is 0.421. The minimum atomic E-state index is -4.47. The summed E-state index contributed by atoms with van der Waals surface area (Å²) < 4.78 is 38.8. The predicted molar refractivity (Wildman–Crippen MR) is 148 cm³/mol. The first kappa shape index (κ1) is 28.9. The van der Waals surface area contributed by atoms with Crippen LogP contribution in [-0.4, -0.2) is 28.5 Å². The molecule has 1 aromatic heterocycles. The average molecular weight is 588 g/mol. The number of carbonyl (C=O) groups excluding carboxylic acids is 1. The van der Waals surface area contributed by atoms with Crippen molar-refractivity contribution in [3.63, 3.8) is 0 Å². The molecule has 0 aliphatic carbocycles. The summed E-state index contributed by atoms with van der Waals surface area (Å²) in [5.41, 5.74) is 3.74. The molecule has 0 atom stereocenters. The summed E-state index contributed by atoms with van der Waals surface area (Å²) in [6, 6.07) is 19.1. The van der Waals surface area contributed by atoms with Gasteiger partial charge in [0.2, 0.25) is 0 Å².